The number of carbonyl (C=O) groups is 2. The van der Waals surface area contributed by atoms with Gasteiger partial charge in [-0.15, -0.1) is 0 Å². The molecule has 0 spiro atoms. The zero-order valence-electron chi connectivity index (χ0n) is 17.9. The second-order valence-corrected chi connectivity index (χ2v) is 7.31. The second kappa shape index (κ2) is 8.58. The van der Waals surface area contributed by atoms with Crippen LogP contribution in [0.3, 0.4) is 0 Å². The topological polar surface area (TPSA) is 102 Å². The maximum absolute atomic E-state index is 13.3. The lowest BCUT2D eigenvalue weighted by Crippen LogP contribution is -2.30. The monoisotopic (exact) mass is 434 g/mol. The number of ether oxygens (including phenoxy) is 2. The molecule has 1 aromatic carbocycles. The molecule has 1 aliphatic heterocycles. The van der Waals surface area contributed by atoms with Gasteiger partial charge in [0, 0.05) is 18.9 Å². The normalized spacial score (nSPS) is 15.9. The lowest BCUT2D eigenvalue weighted by Gasteiger charge is -2.27. The molecule has 8 heteroatoms. The number of aromatic nitrogens is 1. The Morgan fingerprint density at radius 2 is 1.94 bits per heavy atom. The van der Waals surface area contributed by atoms with Gasteiger partial charge in [-0.2, -0.15) is 0 Å². The van der Waals surface area contributed by atoms with E-state index in [2.05, 4.69) is 4.98 Å². The molecule has 8 nitrogen and oxygen atoms in total. The highest BCUT2D eigenvalue weighted by molar-refractivity contribution is 6.15. The number of rotatable bonds is 7. The molecule has 2 aromatic heterocycles. The maximum atomic E-state index is 13.3. The van der Waals surface area contributed by atoms with Crippen molar-refractivity contribution >= 4 is 11.7 Å². The first-order valence-corrected chi connectivity index (χ1v) is 9.90. The van der Waals surface area contributed by atoms with Gasteiger partial charge in [-0.3, -0.25) is 14.6 Å². The van der Waals surface area contributed by atoms with Gasteiger partial charge in [-0.1, -0.05) is 12.1 Å². The smallest absolute Gasteiger partial charge is 0.290 e. The Morgan fingerprint density at radius 1 is 1.16 bits per heavy atom. The number of nitrogens with zero attached hydrogens (tertiary/aromatic N) is 2. The van der Waals surface area contributed by atoms with E-state index in [1.54, 1.807) is 49.6 Å². The summed E-state index contributed by atoms with van der Waals surface area (Å²) in [4.78, 5) is 31.9. The van der Waals surface area contributed by atoms with Crippen molar-refractivity contribution in [1.82, 2.24) is 9.88 Å². The number of ketones is 1. The summed E-state index contributed by atoms with van der Waals surface area (Å²) in [5, 5.41) is 10.8. The van der Waals surface area contributed by atoms with Crippen LogP contribution >= 0.6 is 0 Å². The van der Waals surface area contributed by atoms with Crippen LogP contribution in [0.2, 0.25) is 0 Å². The summed E-state index contributed by atoms with van der Waals surface area (Å²) >= 11 is 0. The molecule has 1 aliphatic rings. The average Bonchev–Trinajstić information content (AvgIpc) is 3.35. The van der Waals surface area contributed by atoms with Crippen molar-refractivity contribution in [3.63, 3.8) is 0 Å². The van der Waals surface area contributed by atoms with E-state index in [0.717, 1.165) is 5.56 Å². The number of Topliss-reactive ketones (excluding diaryl/α,β-unsaturated/α-hetero) is 1. The molecule has 0 saturated heterocycles. The summed E-state index contributed by atoms with van der Waals surface area (Å²) in [5.41, 5.74) is 1.28. The van der Waals surface area contributed by atoms with Gasteiger partial charge in [0.1, 0.15) is 5.76 Å². The van der Waals surface area contributed by atoms with E-state index in [-0.39, 0.29) is 17.9 Å². The van der Waals surface area contributed by atoms with Gasteiger partial charge in [0.05, 0.1) is 25.8 Å². The third kappa shape index (κ3) is 3.71. The number of hydrogen-bond donors (Lipinski definition) is 1. The van der Waals surface area contributed by atoms with Crippen LogP contribution in [0.4, 0.5) is 0 Å². The van der Waals surface area contributed by atoms with E-state index in [9.17, 15) is 14.7 Å². The molecule has 3 heterocycles. The molecule has 164 valence electrons. The van der Waals surface area contributed by atoms with Gasteiger partial charge < -0.3 is 23.9 Å². The van der Waals surface area contributed by atoms with Gasteiger partial charge in [-0.25, -0.2) is 0 Å². The Hall–Kier alpha value is -4.07. The number of carbonyl (C=O) groups excluding carboxylic acids is 2. The van der Waals surface area contributed by atoms with Crippen LogP contribution in [-0.4, -0.2) is 40.9 Å². The van der Waals surface area contributed by atoms with Crippen molar-refractivity contribution in [1.29, 1.82) is 0 Å². The summed E-state index contributed by atoms with van der Waals surface area (Å²) in [5.74, 6) is -0.281. The van der Waals surface area contributed by atoms with Gasteiger partial charge in [0.15, 0.2) is 23.0 Å². The Kier molecular flexibility index (Phi) is 5.68. The number of aliphatic hydroxyl groups is 1. The second-order valence-electron chi connectivity index (χ2n) is 7.31. The molecule has 0 unspecified atom stereocenters. The van der Waals surface area contributed by atoms with Crippen LogP contribution in [-0.2, 0) is 11.3 Å². The van der Waals surface area contributed by atoms with E-state index in [1.165, 1.54) is 25.2 Å². The zero-order chi connectivity index (χ0) is 22.8. The first-order chi connectivity index (χ1) is 15.4. The zero-order valence-corrected chi connectivity index (χ0v) is 17.9. The highest BCUT2D eigenvalue weighted by Gasteiger charge is 2.44. The predicted octanol–water partition coefficient (Wildman–Crippen LogP) is 3.78. The van der Waals surface area contributed by atoms with Crippen LogP contribution in [0.25, 0.3) is 0 Å². The van der Waals surface area contributed by atoms with Crippen molar-refractivity contribution in [2.24, 2.45) is 0 Å². The number of methoxy groups -OCH3 is 2. The Balaban J connectivity index is 1.83. The van der Waals surface area contributed by atoms with E-state index in [1.807, 2.05) is 6.07 Å². The first-order valence-electron chi connectivity index (χ1n) is 9.90. The minimum atomic E-state index is -0.861. The van der Waals surface area contributed by atoms with Crippen LogP contribution < -0.4 is 9.47 Å². The molecule has 1 N–H and O–H groups in total. The van der Waals surface area contributed by atoms with Crippen LogP contribution in [0, 0.1) is 6.92 Å². The molecule has 0 aliphatic carbocycles. The largest absolute Gasteiger partial charge is 0.503 e. The fourth-order valence-corrected chi connectivity index (χ4v) is 3.80. The van der Waals surface area contributed by atoms with E-state index in [0.29, 0.717) is 22.8 Å². The fraction of sp³-hybridized carbons (Fsp3) is 0.208. The van der Waals surface area contributed by atoms with Gasteiger partial charge in [0.25, 0.3) is 5.91 Å². The highest BCUT2D eigenvalue weighted by atomic mass is 16.5. The molecule has 0 radical (unpaired) electrons. The minimum absolute atomic E-state index is 0.0468. The van der Waals surface area contributed by atoms with Crippen molar-refractivity contribution in [3.8, 4) is 11.5 Å². The number of benzene rings is 1. The highest BCUT2D eigenvalue weighted by Crippen LogP contribution is 2.42. The molecule has 32 heavy (non-hydrogen) atoms. The van der Waals surface area contributed by atoms with E-state index < -0.39 is 23.5 Å². The Bertz CT molecular complexity index is 1200. The SMILES string of the molecule is COc1ccc([C@@H]2C(C(=O)c3ccc(C)o3)=C(O)C(=O)N2Cc2cccnc2)cc1OC. The molecule has 1 atom stereocenters. The average molecular weight is 434 g/mol. The van der Waals surface area contributed by atoms with E-state index in [4.69, 9.17) is 13.9 Å². The summed E-state index contributed by atoms with van der Waals surface area (Å²) in [6.45, 7) is 1.86. The summed E-state index contributed by atoms with van der Waals surface area (Å²) in [6, 6.07) is 11.0. The number of hydrogen-bond acceptors (Lipinski definition) is 7. The third-order valence-electron chi connectivity index (χ3n) is 5.31. The lowest BCUT2D eigenvalue weighted by molar-refractivity contribution is -0.130. The molecule has 0 saturated carbocycles. The summed E-state index contributed by atoms with van der Waals surface area (Å²) < 4.78 is 16.2. The van der Waals surface area contributed by atoms with Gasteiger partial charge in [0.2, 0.25) is 5.78 Å². The van der Waals surface area contributed by atoms with Gasteiger partial charge >= 0.3 is 0 Å². The maximum Gasteiger partial charge on any atom is 0.290 e. The lowest BCUT2D eigenvalue weighted by atomic mass is 9.94. The molecule has 3 aromatic rings. The molecular formula is C24H22N2O6. The Morgan fingerprint density at radius 3 is 2.56 bits per heavy atom. The van der Waals surface area contributed by atoms with Crippen molar-refractivity contribution in [3.05, 3.63) is 88.8 Å². The predicted molar refractivity (Wildman–Crippen MR) is 115 cm³/mol. The fourth-order valence-electron chi connectivity index (χ4n) is 3.80. The summed E-state index contributed by atoms with van der Waals surface area (Å²) in [7, 11) is 3.02. The van der Waals surface area contributed by atoms with Crippen LogP contribution in [0.15, 0.2) is 70.6 Å². The molecule has 1 amide bonds. The van der Waals surface area contributed by atoms with Gasteiger partial charge in [-0.05, 0) is 48.4 Å². The molecule has 0 fully saturated rings. The van der Waals surface area contributed by atoms with Crippen molar-refractivity contribution in [2.45, 2.75) is 19.5 Å². The number of furan rings is 1. The Labute approximate surface area is 184 Å². The molecule has 0 bridgehead atoms. The third-order valence-corrected chi connectivity index (χ3v) is 5.31. The minimum Gasteiger partial charge on any atom is -0.503 e. The molecule has 4 rings (SSSR count). The van der Waals surface area contributed by atoms with Crippen LogP contribution in [0.1, 0.15) is 33.5 Å². The number of pyridine rings is 1. The standard InChI is InChI=1S/C24H22N2O6/c1-14-6-8-18(32-14)22(27)20-21(16-7-9-17(30-2)19(11-16)31-3)26(24(29)23(20)28)13-15-5-4-10-25-12-15/h4-12,21,28H,13H2,1-3H3/t21-/m1/s1. The van der Waals surface area contributed by atoms with Crippen LogP contribution in [0.5, 0.6) is 11.5 Å². The quantitative estimate of drug-likeness (QED) is 0.565. The number of amides is 1. The first kappa shape index (κ1) is 21.2. The van der Waals surface area contributed by atoms with E-state index >= 15 is 0 Å². The van der Waals surface area contributed by atoms with Crippen molar-refractivity contribution < 1.29 is 28.6 Å². The van der Waals surface area contributed by atoms with Crippen molar-refractivity contribution in [2.75, 3.05) is 14.2 Å². The number of aryl methyl sites for hydroxylation is 1. The number of aliphatic hydroxyl groups excluding tert-OH is 1. The molecular weight excluding hydrogens is 412 g/mol. The summed E-state index contributed by atoms with van der Waals surface area (Å²) in [6.07, 6.45) is 3.26.